The first kappa shape index (κ1) is 14.2. The van der Waals surface area contributed by atoms with Gasteiger partial charge in [0.1, 0.15) is 18.5 Å². The number of anilines is 1. The fraction of sp³-hybridized carbons (Fsp3) is 0.231. The lowest BCUT2D eigenvalue weighted by Crippen LogP contribution is -2.05. The zero-order valence-corrected chi connectivity index (χ0v) is 11.6. The molecule has 0 bridgehead atoms. The van der Waals surface area contributed by atoms with Crippen molar-refractivity contribution in [2.75, 3.05) is 26.1 Å². The van der Waals surface area contributed by atoms with Gasteiger partial charge in [0.2, 0.25) is 0 Å². The summed E-state index contributed by atoms with van der Waals surface area (Å²) in [6.45, 7) is 0.695. The Morgan fingerprint density at radius 3 is 2.65 bits per heavy atom. The SMILES string of the molecule is COCCOc1nn(-c2ccc(Cl)cc2)c(N)c1C#N. The Bertz CT molecular complexity index is 631. The summed E-state index contributed by atoms with van der Waals surface area (Å²) in [5.41, 5.74) is 6.83. The summed E-state index contributed by atoms with van der Waals surface area (Å²) in [5, 5.41) is 14.0. The van der Waals surface area contributed by atoms with Crippen LogP contribution in [0.4, 0.5) is 5.82 Å². The van der Waals surface area contributed by atoms with E-state index in [9.17, 15) is 0 Å². The number of hydrogen-bond acceptors (Lipinski definition) is 5. The van der Waals surface area contributed by atoms with Crippen LogP contribution in [0.3, 0.4) is 0 Å². The van der Waals surface area contributed by atoms with Crippen LogP contribution in [0.25, 0.3) is 5.69 Å². The van der Waals surface area contributed by atoms with E-state index in [4.69, 9.17) is 32.1 Å². The normalized spacial score (nSPS) is 10.2. The fourth-order valence-corrected chi connectivity index (χ4v) is 1.74. The van der Waals surface area contributed by atoms with Crippen molar-refractivity contribution in [2.45, 2.75) is 0 Å². The molecule has 2 aromatic rings. The van der Waals surface area contributed by atoms with Crippen LogP contribution in [0, 0.1) is 11.3 Å². The smallest absolute Gasteiger partial charge is 0.253 e. The molecule has 0 aliphatic carbocycles. The summed E-state index contributed by atoms with van der Waals surface area (Å²) in [5.74, 6) is 0.416. The van der Waals surface area contributed by atoms with Crippen LogP contribution in [-0.2, 0) is 4.74 Å². The number of hydrogen-bond donors (Lipinski definition) is 1. The van der Waals surface area contributed by atoms with Crippen molar-refractivity contribution in [3.8, 4) is 17.6 Å². The van der Waals surface area contributed by atoms with Gasteiger partial charge in [-0.3, -0.25) is 0 Å². The fourth-order valence-electron chi connectivity index (χ4n) is 1.62. The van der Waals surface area contributed by atoms with Crippen molar-refractivity contribution in [3.05, 3.63) is 34.9 Å². The average Bonchev–Trinajstić information content (AvgIpc) is 2.76. The summed E-state index contributed by atoms with van der Waals surface area (Å²) in [7, 11) is 1.56. The molecule has 0 saturated heterocycles. The molecule has 0 saturated carbocycles. The minimum absolute atomic E-state index is 0.192. The Morgan fingerprint density at radius 2 is 2.05 bits per heavy atom. The van der Waals surface area contributed by atoms with E-state index in [0.717, 1.165) is 0 Å². The Labute approximate surface area is 121 Å². The number of rotatable bonds is 5. The van der Waals surface area contributed by atoms with Gasteiger partial charge in [-0.2, -0.15) is 5.26 Å². The highest BCUT2D eigenvalue weighted by molar-refractivity contribution is 6.30. The molecule has 0 aliphatic heterocycles. The van der Waals surface area contributed by atoms with Gasteiger partial charge in [-0.15, -0.1) is 5.10 Å². The van der Waals surface area contributed by atoms with E-state index >= 15 is 0 Å². The summed E-state index contributed by atoms with van der Waals surface area (Å²) >= 11 is 5.84. The van der Waals surface area contributed by atoms with Crippen LogP contribution in [0.2, 0.25) is 5.02 Å². The molecular weight excluding hydrogens is 280 g/mol. The van der Waals surface area contributed by atoms with Crippen LogP contribution >= 0.6 is 11.6 Å². The lowest BCUT2D eigenvalue weighted by Gasteiger charge is -2.03. The number of aromatic nitrogens is 2. The molecule has 104 valence electrons. The number of nitrogens with zero attached hydrogens (tertiary/aromatic N) is 3. The minimum Gasteiger partial charge on any atom is -0.473 e. The van der Waals surface area contributed by atoms with Gasteiger partial charge in [-0.05, 0) is 24.3 Å². The Balaban J connectivity index is 2.35. The van der Waals surface area contributed by atoms with Gasteiger partial charge in [-0.1, -0.05) is 11.6 Å². The Hall–Kier alpha value is -2.23. The van der Waals surface area contributed by atoms with Crippen molar-refractivity contribution >= 4 is 17.4 Å². The predicted octanol–water partition coefficient (Wildman–Crippen LogP) is 2.00. The number of nitrogen functional groups attached to an aromatic ring is 1. The molecule has 0 radical (unpaired) electrons. The van der Waals surface area contributed by atoms with Crippen LogP contribution in [-0.4, -0.2) is 30.1 Å². The van der Waals surface area contributed by atoms with Gasteiger partial charge >= 0.3 is 0 Å². The summed E-state index contributed by atoms with van der Waals surface area (Å²) in [6.07, 6.45) is 0. The van der Waals surface area contributed by atoms with Crippen molar-refractivity contribution in [1.82, 2.24) is 9.78 Å². The van der Waals surface area contributed by atoms with Crippen molar-refractivity contribution in [2.24, 2.45) is 0 Å². The van der Waals surface area contributed by atoms with Gasteiger partial charge in [-0.25, -0.2) is 4.68 Å². The number of nitriles is 1. The molecule has 2 N–H and O–H groups in total. The zero-order chi connectivity index (χ0) is 14.5. The Morgan fingerprint density at radius 1 is 1.35 bits per heavy atom. The molecule has 1 aromatic heterocycles. The maximum Gasteiger partial charge on any atom is 0.253 e. The minimum atomic E-state index is 0.192. The summed E-state index contributed by atoms with van der Waals surface area (Å²) in [4.78, 5) is 0. The second-order valence-electron chi connectivity index (χ2n) is 3.91. The first-order valence-electron chi connectivity index (χ1n) is 5.83. The third-order valence-electron chi connectivity index (χ3n) is 2.60. The van der Waals surface area contributed by atoms with Gasteiger partial charge in [0.05, 0.1) is 12.3 Å². The molecule has 1 aromatic carbocycles. The van der Waals surface area contributed by atoms with Crippen molar-refractivity contribution in [1.29, 1.82) is 5.26 Å². The van der Waals surface area contributed by atoms with Gasteiger partial charge in [0.25, 0.3) is 5.88 Å². The molecule has 0 atom stereocenters. The molecule has 0 spiro atoms. The summed E-state index contributed by atoms with van der Waals surface area (Å²) in [6, 6.07) is 8.94. The van der Waals surface area contributed by atoms with Crippen molar-refractivity contribution < 1.29 is 9.47 Å². The van der Waals surface area contributed by atoms with Gasteiger partial charge < -0.3 is 15.2 Å². The number of ether oxygens (including phenoxy) is 2. The van der Waals surface area contributed by atoms with E-state index in [2.05, 4.69) is 5.10 Å². The highest BCUT2D eigenvalue weighted by Gasteiger charge is 2.17. The maximum absolute atomic E-state index is 9.14. The van der Waals surface area contributed by atoms with Crippen LogP contribution in [0.1, 0.15) is 5.56 Å². The predicted molar refractivity (Wildman–Crippen MR) is 75.1 cm³/mol. The molecule has 0 unspecified atom stereocenters. The molecule has 20 heavy (non-hydrogen) atoms. The third kappa shape index (κ3) is 2.85. The van der Waals surface area contributed by atoms with Crippen molar-refractivity contribution in [3.63, 3.8) is 0 Å². The van der Waals surface area contributed by atoms with Crippen LogP contribution < -0.4 is 10.5 Å². The quantitative estimate of drug-likeness (QED) is 0.852. The standard InChI is InChI=1S/C13H13ClN4O2/c1-19-6-7-20-13-11(8-15)12(16)18(17-13)10-4-2-9(14)3-5-10/h2-5H,6-7,16H2,1H3. The van der Waals surface area contributed by atoms with Crippen LogP contribution in [0.5, 0.6) is 5.88 Å². The molecule has 6 nitrogen and oxygen atoms in total. The highest BCUT2D eigenvalue weighted by atomic mass is 35.5. The molecule has 1 heterocycles. The van der Waals surface area contributed by atoms with E-state index < -0.39 is 0 Å². The topological polar surface area (TPSA) is 86.1 Å². The second kappa shape index (κ2) is 6.28. The second-order valence-corrected chi connectivity index (χ2v) is 4.34. The van der Waals surface area contributed by atoms with E-state index in [-0.39, 0.29) is 17.3 Å². The first-order chi connectivity index (χ1) is 9.67. The average molecular weight is 293 g/mol. The first-order valence-corrected chi connectivity index (χ1v) is 6.21. The number of benzene rings is 1. The lowest BCUT2D eigenvalue weighted by atomic mass is 10.3. The Kier molecular flexibility index (Phi) is 4.45. The number of methoxy groups -OCH3 is 1. The van der Waals surface area contributed by atoms with E-state index in [1.54, 1.807) is 31.4 Å². The molecule has 0 amide bonds. The molecule has 0 aliphatic rings. The monoisotopic (exact) mass is 292 g/mol. The van der Waals surface area contributed by atoms with Gasteiger partial charge in [0, 0.05) is 12.1 Å². The van der Waals surface area contributed by atoms with E-state index in [0.29, 0.717) is 23.9 Å². The number of nitrogens with two attached hydrogens (primary N) is 1. The molecule has 7 heteroatoms. The summed E-state index contributed by atoms with van der Waals surface area (Å²) < 4.78 is 11.7. The molecule has 0 fully saturated rings. The van der Waals surface area contributed by atoms with E-state index in [1.165, 1.54) is 4.68 Å². The van der Waals surface area contributed by atoms with Gasteiger partial charge in [0.15, 0.2) is 5.56 Å². The number of halogens is 1. The lowest BCUT2D eigenvalue weighted by molar-refractivity contribution is 0.143. The van der Waals surface area contributed by atoms with Crippen LogP contribution in [0.15, 0.2) is 24.3 Å². The maximum atomic E-state index is 9.14. The highest BCUT2D eigenvalue weighted by Crippen LogP contribution is 2.26. The van der Waals surface area contributed by atoms with E-state index in [1.807, 2.05) is 6.07 Å². The molecule has 2 rings (SSSR count). The zero-order valence-electron chi connectivity index (χ0n) is 10.8. The molecular formula is C13H13ClN4O2. The largest absolute Gasteiger partial charge is 0.473 e. The third-order valence-corrected chi connectivity index (χ3v) is 2.85.